The molecule has 0 N–H and O–H groups in total. The predicted molar refractivity (Wildman–Crippen MR) is 124 cm³/mol. The van der Waals surface area contributed by atoms with E-state index in [1.807, 2.05) is 25.1 Å². The Labute approximate surface area is 187 Å². The van der Waals surface area contributed by atoms with Crippen LogP contribution in [0.15, 0.2) is 76.7 Å². The lowest BCUT2D eigenvalue weighted by atomic mass is 10.1. The second-order valence-electron chi connectivity index (χ2n) is 6.73. The number of aromatic nitrogens is 2. The lowest BCUT2D eigenvalue weighted by molar-refractivity contribution is 0.102. The molecule has 0 radical (unpaired) electrons. The third-order valence-corrected chi connectivity index (χ3v) is 6.08. The Kier molecular flexibility index (Phi) is 5.95. The highest BCUT2D eigenvalue weighted by Crippen LogP contribution is 2.28. The number of ketones is 1. The molecular weight excluding hydrogens is 439 g/mol. The fourth-order valence-electron chi connectivity index (χ4n) is 3.04. The van der Waals surface area contributed by atoms with Crippen LogP contribution in [0.4, 0.5) is 0 Å². The summed E-state index contributed by atoms with van der Waals surface area (Å²) >= 11 is 13.6. The first-order valence-corrected chi connectivity index (χ1v) is 10.9. The Hall–Kier alpha value is -2.60. The van der Waals surface area contributed by atoms with Gasteiger partial charge in [0.2, 0.25) is 0 Å². The van der Waals surface area contributed by atoms with Gasteiger partial charge in [-0.25, -0.2) is 4.98 Å². The summed E-state index contributed by atoms with van der Waals surface area (Å²) in [7, 11) is 0. The molecule has 0 bridgehead atoms. The van der Waals surface area contributed by atoms with Crippen LogP contribution in [0.3, 0.4) is 0 Å². The molecule has 0 saturated carbocycles. The van der Waals surface area contributed by atoms with Crippen molar-refractivity contribution in [3.05, 3.63) is 98.3 Å². The lowest BCUT2D eigenvalue weighted by Gasteiger charge is -2.14. The summed E-state index contributed by atoms with van der Waals surface area (Å²) in [4.78, 5) is 30.6. The number of hydrogen-bond acceptors (Lipinski definition) is 4. The van der Waals surface area contributed by atoms with Crippen LogP contribution in [0.5, 0.6) is 0 Å². The number of halogens is 2. The summed E-state index contributed by atoms with van der Waals surface area (Å²) in [6.45, 7) is 1.97. The third kappa shape index (κ3) is 4.15. The van der Waals surface area contributed by atoms with Crippen molar-refractivity contribution in [3.63, 3.8) is 0 Å². The predicted octanol–water partition coefficient (Wildman–Crippen LogP) is 5.98. The number of Topliss-reactive ketones (excluding diaryl/α,β-unsaturated/α-hetero) is 1. The van der Waals surface area contributed by atoms with E-state index in [2.05, 4.69) is 4.98 Å². The molecule has 0 aliphatic heterocycles. The molecule has 0 amide bonds. The Morgan fingerprint density at radius 3 is 2.50 bits per heavy atom. The van der Waals surface area contributed by atoms with Gasteiger partial charge in [-0.3, -0.25) is 14.2 Å². The van der Waals surface area contributed by atoms with Crippen LogP contribution in [0, 0.1) is 6.92 Å². The maximum atomic E-state index is 13.3. The number of carbonyl (C=O) groups excluding carboxylic acids is 1. The van der Waals surface area contributed by atoms with Gasteiger partial charge in [-0.05, 0) is 37.3 Å². The molecule has 1 heterocycles. The quantitative estimate of drug-likeness (QED) is 0.211. The van der Waals surface area contributed by atoms with Crippen LogP contribution in [0.25, 0.3) is 16.6 Å². The van der Waals surface area contributed by atoms with Gasteiger partial charge in [-0.2, -0.15) is 0 Å². The minimum Gasteiger partial charge on any atom is -0.293 e. The molecule has 4 aromatic rings. The van der Waals surface area contributed by atoms with E-state index in [-0.39, 0.29) is 17.1 Å². The zero-order valence-corrected chi connectivity index (χ0v) is 18.3. The van der Waals surface area contributed by atoms with Gasteiger partial charge in [0.05, 0.1) is 27.4 Å². The minimum absolute atomic E-state index is 0.0452. The fraction of sp³-hybridized carbons (Fsp3) is 0.0870. The van der Waals surface area contributed by atoms with Gasteiger partial charge in [0, 0.05) is 10.6 Å². The van der Waals surface area contributed by atoms with Crippen LogP contribution in [0.2, 0.25) is 10.0 Å². The average Bonchev–Trinajstić information content (AvgIpc) is 2.73. The van der Waals surface area contributed by atoms with Crippen LogP contribution >= 0.6 is 35.0 Å². The molecule has 4 rings (SSSR count). The number of thioether (sulfide) groups is 1. The van der Waals surface area contributed by atoms with Crippen molar-refractivity contribution in [1.29, 1.82) is 0 Å². The van der Waals surface area contributed by atoms with E-state index in [1.54, 1.807) is 48.5 Å². The molecule has 0 aliphatic rings. The van der Waals surface area contributed by atoms with Gasteiger partial charge in [0.15, 0.2) is 10.9 Å². The fourth-order valence-corrected chi connectivity index (χ4v) is 4.43. The molecule has 0 fully saturated rings. The Morgan fingerprint density at radius 2 is 1.77 bits per heavy atom. The number of hydrogen-bond donors (Lipinski definition) is 0. The normalized spacial score (nSPS) is 11.0. The zero-order chi connectivity index (χ0) is 21.3. The van der Waals surface area contributed by atoms with E-state index in [1.165, 1.54) is 16.3 Å². The molecule has 30 heavy (non-hydrogen) atoms. The molecule has 0 aliphatic carbocycles. The number of aryl methyl sites for hydroxylation is 1. The molecule has 0 saturated heterocycles. The summed E-state index contributed by atoms with van der Waals surface area (Å²) < 4.78 is 1.44. The molecular formula is C23H16Cl2N2O2S. The van der Waals surface area contributed by atoms with Crippen molar-refractivity contribution in [1.82, 2.24) is 9.55 Å². The molecule has 1 aromatic heterocycles. The first-order chi connectivity index (χ1) is 14.4. The Morgan fingerprint density at radius 1 is 1.03 bits per heavy atom. The van der Waals surface area contributed by atoms with Gasteiger partial charge in [-0.15, -0.1) is 0 Å². The highest BCUT2D eigenvalue weighted by Gasteiger charge is 2.17. The molecule has 0 unspecified atom stereocenters. The van der Waals surface area contributed by atoms with Crippen molar-refractivity contribution in [2.45, 2.75) is 12.1 Å². The number of carbonyl (C=O) groups is 1. The molecule has 4 nitrogen and oxygen atoms in total. The van der Waals surface area contributed by atoms with Gasteiger partial charge in [-0.1, -0.05) is 76.9 Å². The van der Waals surface area contributed by atoms with Gasteiger partial charge in [0.1, 0.15) is 0 Å². The third-order valence-electron chi connectivity index (χ3n) is 4.60. The maximum Gasteiger partial charge on any atom is 0.266 e. The van der Waals surface area contributed by atoms with Crippen molar-refractivity contribution in [2.75, 3.05) is 5.75 Å². The second kappa shape index (κ2) is 8.64. The van der Waals surface area contributed by atoms with Crippen molar-refractivity contribution < 1.29 is 4.79 Å². The van der Waals surface area contributed by atoms with Crippen molar-refractivity contribution in [2.24, 2.45) is 0 Å². The number of fused-ring (bicyclic) bond motifs is 1. The molecule has 7 heteroatoms. The summed E-state index contributed by atoms with van der Waals surface area (Å²) in [5.74, 6) is 0.0927. The van der Waals surface area contributed by atoms with E-state index >= 15 is 0 Å². The molecule has 150 valence electrons. The number of para-hydroxylation sites is 1. The molecule has 0 atom stereocenters. The van der Waals surface area contributed by atoms with E-state index in [4.69, 9.17) is 23.2 Å². The minimum atomic E-state index is -0.255. The Balaban J connectivity index is 1.78. The summed E-state index contributed by atoms with van der Waals surface area (Å²) in [6, 6.07) is 19.4. The van der Waals surface area contributed by atoms with Crippen LogP contribution < -0.4 is 5.56 Å². The lowest BCUT2D eigenvalue weighted by Crippen LogP contribution is -2.22. The first-order valence-electron chi connectivity index (χ1n) is 9.14. The van der Waals surface area contributed by atoms with E-state index in [0.717, 1.165) is 5.56 Å². The molecule has 0 spiro atoms. The van der Waals surface area contributed by atoms with Crippen molar-refractivity contribution >= 4 is 51.6 Å². The van der Waals surface area contributed by atoms with Crippen LogP contribution in [0.1, 0.15) is 15.9 Å². The SMILES string of the molecule is Cc1ccc(C(=O)CSc2nc3ccccc3c(=O)n2-c2ccc(Cl)cc2Cl)cc1. The summed E-state index contributed by atoms with van der Waals surface area (Å²) in [5.41, 5.74) is 2.48. The van der Waals surface area contributed by atoms with E-state index < -0.39 is 0 Å². The monoisotopic (exact) mass is 454 g/mol. The number of benzene rings is 3. The summed E-state index contributed by atoms with van der Waals surface area (Å²) in [6.07, 6.45) is 0. The second-order valence-corrected chi connectivity index (χ2v) is 8.51. The maximum absolute atomic E-state index is 13.3. The smallest absolute Gasteiger partial charge is 0.266 e. The molecule has 3 aromatic carbocycles. The number of rotatable bonds is 5. The first kappa shape index (κ1) is 20.7. The number of nitrogens with zero attached hydrogens (tertiary/aromatic N) is 2. The van der Waals surface area contributed by atoms with E-state index in [9.17, 15) is 9.59 Å². The van der Waals surface area contributed by atoms with Crippen LogP contribution in [-0.4, -0.2) is 21.1 Å². The van der Waals surface area contributed by atoms with Crippen molar-refractivity contribution in [3.8, 4) is 5.69 Å². The summed E-state index contributed by atoms with van der Waals surface area (Å²) in [5, 5.41) is 1.66. The standard InChI is InChI=1S/C23H16Cl2N2O2S/c1-14-6-8-15(9-7-14)21(28)13-30-23-26-19-5-3-2-4-17(19)22(29)27(23)20-11-10-16(24)12-18(20)25/h2-12H,13H2,1H3. The highest BCUT2D eigenvalue weighted by molar-refractivity contribution is 7.99. The highest BCUT2D eigenvalue weighted by atomic mass is 35.5. The largest absolute Gasteiger partial charge is 0.293 e. The van der Waals surface area contributed by atoms with E-state index in [0.29, 0.717) is 37.4 Å². The van der Waals surface area contributed by atoms with Gasteiger partial charge >= 0.3 is 0 Å². The van der Waals surface area contributed by atoms with Gasteiger partial charge in [0.25, 0.3) is 5.56 Å². The zero-order valence-electron chi connectivity index (χ0n) is 15.9. The average molecular weight is 455 g/mol. The van der Waals surface area contributed by atoms with Gasteiger partial charge < -0.3 is 0 Å². The Bertz CT molecular complexity index is 1320. The topological polar surface area (TPSA) is 52.0 Å². The van der Waals surface area contributed by atoms with Crippen LogP contribution in [-0.2, 0) is 0 Å².